The van der Waals surface area contributed by atoms with E-state index in [1.807, 2.05) is 18.2 Å². The summed E-state index contributed by atoms with van der Waals surface area (Å²) >= 11 is 6.24. The summed E-state index contributed by atoms with van der Waals surface area (Å²) in [5, 5.41) is 3.65. The molecule has 0 radical (unpaired) electrons. The van der Waals surface area contributed by atoms with E-state index in [4.69, 9.17) is 16.3 Å². The Kier molecular flexibility index (Phi) is 6.97. The molecule has 5 nitrogen and oxygen atoms in total. The highest BCUT2D eigenvalue weighted by Gasteiger charge is 2.33. The van der Waals surface area contributed by atoms with Crippen molar-refractivity contribution < 1.29 is 13.9 Å². The molecule has 1 aromatic carbocycles. The van der Waals surface area contributed by atoms with Crippen LogP contribution in [0, 0.1) is 11.7 Å². The number of hydrogen-bond acceptors (Lipinski definition) is 4. The SMILES string of the molecule is O=C(N[C@H](c1ccccn1)[C@H]1CCCN(Cc2c(F)cccc2Cl)C1)[C@@H]1CCCO1. The lowest BCUT2D eigenvalue weighted by Crippen LogP contribution is -2.45. The summed E-state index contributed by atoms with van der Waals surface area (Å²) in [4.78, 5) is 19.5. The Balaban J connectivity index is 1.50. The van der Waals surface area contributed by atoms with Crippen molar-refractivity contribution in [1.29, 1.82) is 0 Å². The largest absolute Gasteiger partial charge is 0.368 e. The number of amides is 1. The quantitative estimate of drug-likeness (QED) is 0.747. The number of aromatic nitrogens is 1. The molecule has 7 heteroatoms. The van der Waals surface area contributed by atoms with Crippen molar-refractivity contribution in [2.45, 2.75) is 44.4 Å². The van der Waals surface area contributed by atoms with E-state index in [2.05, 4.69) is 15.2 Å². The summed E-state index contributed by atoms with van der Waals surface area (Å²) < 4.78 is 19.8. The Labute approximate surface area is 181 Å². The molecule has 2 saturated heterocycles. The number of nitrogens with zero attached hydrogens (tertiary/aromatic N) is 2. The van der Waals surface area contributed by atoms with Crippen molar-refractivity contribution >= 4 is 17.5 Å². The molecule has 2 fully saturated rings. The number of carbonyl (C=O) groups excluding carboxylic acids is 1. The molecule has 0 aliphatic carbocycles. The molecule has 0 unspecified atom stereocenters. The Hall–Kier alpha value is -2.02. The molecular formula is C23H27ClFN3O2. The van der Waals surface area contributed by atoms with E-state index in [-0.39, 0.29) is 29.8 Å². The number of piperidine rings is 1. The number of nitrogens with one attached hydrogen (secondary N) is 1. The normalized spacial score (nSPS) is 23.3. The standard InChI is InChI=1S/C23H27ClFN3O2/c24-18-7-3-8-19(25)17(18)15-28-12-4-6-16(14-28)22(20-9-1-2-11-26-20)27-23(29)21-10-5-13-30-21/h1-3,7-9,11,16,21-22H,4-6,10,12-15H2,(H,27,29)/t16-,21-,22-/m0/s1. The van der Waals surface area contributed by atoms with Gasteiger partial charge in [0.25, 0.3) is 0 Å². The first-order valence-electron chi connectivity index (χ1n) is 10.6. The average Bonchev–Trinajstić information content (AvgIpc) is 3.31. The van der Waals surface area contributed by atoms with Crippen LogP contribution in [0.1, 0.15) is 43.0 Å². The Morgan fingerprint density at radius 1 is 1.27 bits per heavy atom. The van der Waals surface area contributed by atoms with Crippen molar-refractivity contribution in [2.24, 2.45) is 5.92 Å². The predicted molar refractivity (Wildman–Crippen MR) is 114 cm³/mol. The van der Waals surface area contributed by atoms with Crippen LogP contribution in [0.15, 0.2) is 42.6 Å². The number of likely N-dealkylation sites (tertiary alicyclic amines) is 1. The van der Waals surface area contributed by atoms with E-state index in [1.165, 1.54) is 6.07 Å². The summed E-state index contributed by atoms with van der Waals surface area (Å²) in [6.45, 7) is 2.69. The van der Waals surface area contributed by atoms with Crippen LogP contribution in [-0.2, 0) is 16.1 Å². The maximum absolute atomic E-state index is 14.3. The number of rotatable bonds is 6. The summed E-state index contributed by atoms with van der Waals surface area (Å²) in [6.07, 6.45) is 4.97. The van der Waals surface area contributed by atoms with Gasteiger partial charge in [0.2, 0.25) is 5.91 Å². The molecule has 0 bridgehead atoms. The molecule has 3 heterocycles. The second kappa shape index (κ2) is 9.86. The zero-order valence-corrected chi connectivity index (χ0v) is 17.7. The third-order valence-electron chi connectivity index (χ3n) is 5.98. The highest BCUT2D eigenvalue weighted by molar-refractivity contribution is 6.31. The fraction of sp³-hybridized carbons (Fsp3) is 0.478. The zero-order valence-electron chi connectivity index (χ0n) is 16.9. The smallest absolute Gasteiger partial charge is 0.249 e. The average molecular weight is 432 g/mol. The summed E-state index contributed by atoms with van der Waals surface area (Å²) in [5.41, 5.74) is 1.37. The number of carbonyl (C=O) groups is 1. The van der Waals surface area contributed by atoms with Gasteiger partial charge in [-0.05, 0) is 62.4 Å². The minimum atomic E-state index is -0.381. The fourth-order valence-electron chi connectivity index (χ4n) is 4.44. The van der Waals surface area contributed by atoms with Crippen LogP contribution in [0.4, 0.5) is 4.39 Å². The van der Waals surface area contributed by atoms with Crippen molar-refractivity contribution in [3.05, 3.63) is 64.7 Å². The maximum atomic E-state index is 14.3. The molecule has 3 atom stereocenters. The van der Waals surface area contributed by atoms with Gasteiger partial charge in [0.15, 0.2) is 0 Å². The van der Waals surface area contributed by atoms with E-state index >= 15 is 0 Å². The van der Waals surface area contributed by atoms with Gasteiger partial charge in [-0.15, -0.1) is 0 Å². The molecule has 1 aromatic heterocycles. The van der Waals surface area contributed by atoms with Crippen LogP contribution in [0.25, 0.3) is 0 Å². The zero-order chi connectivity index (χ0) is 20.9. The molecule has 30 heavy (non-hydrogen) atoms. The first kappa shape index (κ1) is 21.2. The minimum absolute atomic E-state index is 0.0718. The second-order valence-corrected chi connectivity index (χ2v) is 8.49. The molecule has 0 saturated carbocycles. The molecule has 2 aliphatic heterocycles. The number of hydrogen-bond donors (Lipinski definition) is 1. The number of ether oxygens (including phenoxy) is 1. The van der Waals surface area contributed by atoms with Gasteiger partial charge in [0, 0.05) is 36.5 Å². The maximum Gasteiger partial charge on any atom is 0.249 e. The molecule has 1 N–H and O–H groups in total. The van der Waals surface area contributed by atoms with Crippen molar-refractivity contribution in [3.63, 3.8) is 0 Å². The van der Waals surface area contributed by atoms with Gasteiger partial charge in [-0.2, -0.15) is 0 Å². The molecule has 0 spiro atoms. The van der Waals surface area contributed by atoms with Gasteiger partial charge < -0.3 is 10.1 Å². The number of pyridine rings is 1. The third-order valence-corrected chi connectivity index (χ3v) is 6.34. The first-order chi connectivity index (χ1) is 14.6. The summed E-state index contributed by atoms with van der Waals surface area (Å²) in [5.74, 6) is -0.181. The van der Waals surface area contributed by atoms with E-state index in [9.17, 15) is 9.18 Å². The molecule has 4 rings (SSSR count). The molecule has 2 aromatic rings. The monoisotopic (exact) mass is 431 g/mol. The highest BCUT2D eigenvalue weighted by Crippen LogP contribution is 2.31. The third kappa shape index (κ3) is 4.99. The Bertz CT molecular complexity index is 841. The molecule has 160 valence electrons. The lowest BCUT2D eigenvalue weighted by Gasteiger charge is -2.37. The first-order valence-corrected chi connectivity index (χ1v) is 11.0. The Morgan fingerprint density at radius 2 is 2.17 bits per heavy atom. The van der Waals surface area contributed by atoms with Gasteiger partial charge in [-0.1, -0.05) is 23.7 Å². The minimum Gasteiger partial charge on any atom is -0.368 e. The van der Waals surface area contributed by atoms with Crippen LogP contribution in [0.2, 0.25) is 5.02 Å². The number of halogens is 2. The van der Waals surface area contributed by atoms with E-state index in [0.717, 1.165) is 44.5 Å². The number of benzene rings is 1. The Morgan fingerprint density at radius 3 is 2.90 bits per heavy atom. The van der Waals surface area contributed by atoms with E-state index < -0.39 is 0 Å². The lowest BCUT2D eigenvalue weighted by molar-refractivity contribution is -0.131. The molecule has 1 amide bonds. The van der Waals surface area contributed by atoms with Crippen LogP contribution in [-0.4, -0.2) is 41.6 Å². The van der Waals surface area contributed by atoms with Gasteiger partial charge in [-0.25, -0.2) is 4.39 Å². The van der Waals surface area contributed by atoms with E-state index in [1.54, 1.807) is 18.3 Å². The lowest BCUT2D eigenvalue weighted by atomic mass is 9.88. The van der Waals surface area contributed by atoms with Gasteiger partial charge >= 0.3 is 0 Å². The molecular weight excluding hydrogens is 405 g/mol. The summed E-state index contributed by atoms with van der Waals surface area (Å²) in [6, 6.07) is 10.3. The van der Waals surface area contributed by atoms with Crippen molar-refractivity contribution in [1.82, 2.24) is 15.2 Å². The van der Waals surface area contributed by atoms with Crippen LogP contribution in [0.3, 0.4) is 0 Å². The van der Waals surface area contributed by atoms with Crippen LogP contribution < -0.4 is 5.32 Å². The van der Waals surface area contributed by atoms with Gasteiger partial charge in [0.1, 0.15) is 11.9 Å². The van der Waals surface area contributed by atoms with Crippen LogP contribution in [0.5, 0.6) is 0 Å². The second-order valence-electron chi connectivity index (χ2n) is 8.08. The fourth-order valence-corrected chi connectivity index (χ4v) is 4.66. The van der Waals surface area contributed by atoms with Gasteiger partial charge in [-0.3, -0.25) is 14.7 Å². The predicted octanol–water partition coefficient (Wildman–Crippen LogP) is 4.12. The summed E-state index contributed by atoms with van der Waals surface area (Å²) in [7, 11) is 0. The van der Waals surface area contributed by atoms with Crippen LogP contribution >= 0.6 is 11.6 Å². The van der Waals surface area contributed by atoms with Gasteiger partial charge in [0.05, 0.1) is 11.7 Å². The van der Waals surface area contributed by atoms with E-state index in [0.29, 0.717) is 23.7 Å². The topological polar surface area (TPSA) is 54.5 Å². The molecule has 2 aliphatic rings. The van der Waals surface area contributed by atoms with Crippen molar-refractivity contribution in [2.75, 3.05) is 19.7 Å². The highest BCUT2D eigenvalue weighted by atomic mass is 35.5. The van der Waals surface area contributed by atoms with Crippen molar-refractivity contribution in [3.8, 4) is 0 Å².